The summed E-state index contributed by atoms with van der Waals surface area (Å²) in [6, 6.07) is 3.96. The first kappa shape index (κ1) is 13.6. The van der Waals surface area contributed by atoms with Gasteiger partial charge in [-0.1, -0.05) is 6.42 Å². The number of fused-ring (bicyclic) bond motifs is 1. The minimum atomic E-state index is -0.335. The minimum Gasteiger partial charge on any atom is -0.319 e. The summed E-state index contributed by atoms with van der Waals surface area (Å²) in [6.07, 6.45) is 5.96. The van der Waals surface area contributed by atoms with Crippen molar-refractivity contribution in [3.8, 4) is 6.07 Å². The van der Waals surface area contributed by atoms with Gasteiger partial charge >= 0.3 is 0 Å². The van der Waals surface area contributed by atoms with Crippen molar-refractivity contribution in [1.82, 2.24) is 10.2 Å². The van der Waals surface area contributed by atoms with Crippen LogP contribution in [0.4, 0.5) is 0 Å². The van der Waals surface area contributed by atoms with Gasteiger partial charge in [0, 0.05) is 24.5 Å². The summed E-state index contributed by atoms with van der Waals surface area (Å²) in [5, 5.41) is 12.3. The number of hydrogen-bond acceptors (Lipinski definition) is 4. The van der Waals surface area contributed by atoms with E-state index in [1.54, 1.807) is 16.2 Å². The van der Waals surface area contributed by atoms with Crippen molar-refractivity contribution in [2.24, 2.45) is 0 Å². The van der Waals surface area contributed by atoms with Crippen LogP contribution in [0.1, 0.15) is 39.4 Å². The van der Waals surface area contributed by atoms with E-state index < -0.39 is 0 Å². The van der Waals surface area contributed by atoms with Crippen molar-refractivity contribution in [1.29, 1.82) is 5.26 Å². The summed E-state index contributed by atoms with van der Waals surface area (Å²) in [4.78, 5) is 16.6. The van der Waals surface area contributed by atoms with Crippen molar-refractivity contribution >= 4 is 17.2 Å². The van der Waals surface area contributed by atoms with Gasteiger partial charge in [0.15, 0.2) is 0 Å². The topological polar surface area (TPSA) is 56.1 Å². The van der Waals surface area contributed by atoms with Crippen LogP contribution in [0, 0.1) is 11.3 Å². The number of aryl methyl sites for hydroxylation is 2. The molecule has 1 saturated heterocycles. The first-order valence-corrected chi connectivity index (χ1v) is 8.14. The largest absolute Gasteiger partial charge is 0.319 e. The second-order valence-corrected chi connectivity index (χ2v) is 6.60. The Balaban J connectivity index is 1.82. The molecular weight excluding hydrogens is 270 g/mol. The molecule has 1 aromatic heterocycles. The van der Waals surface area contributed by atoms with Gasteiger partial charge in [0.25, 0.3) is 5.91 Å². The van der Waals surface area contributed by atoms with Gasteiger partial charge in [-0.05, 0) is 37.3 Å². The van der Waals surface area contributed by atoms with E-state index in [1.165, 1.54) is 29.7 Å². The Morgan fingerprint density at radius 1 is 1.40 bits per heavy atom. The quantitative estimate of drug-likeness (QED) is 0.804. The van der Waals surface area contributed by atoms with E-state index in [-0.39, 0.29) is 11.9 Å². The molecule has 1 atom stereocenters. The van der Waals surface area contributed by atoms with E-state index >= 15 is 0 Å². The Kier molecular flexibility index (Phi) is 4.04. The fourth-order valence-electron chi connectivity index (χ4n) is 2.98. The van der Waals surface area contributed by atoms with Gasteiger partial charge < -0.3 is 10.2 Å². The number of rotatable bonds is 1. The van der Waals surface area contributed by atoms with Gasteiger partial charge in [0.1, 0.15) is 6.04 Å². The summed E-state index contributed by atoms with van der Waals surface area (Å²) >= 11 is 1.64. The third kappa shape index (κ3) is 2.58. The van der Waals surface area contributed by atoms with Crippen LogP contribution < -0.4 is 5.32 Å². The lowest BCUT2D eigenvalue weighted by molar-refractivity contribution is 0.0692. The molecule has 1 amide bonds. The molecule has 0 radical (unpaired) electrons. The van der Waals surface area contributed by atoms with Gasteiger partial charge in [-0.15, -0.1) is 11.3 Å². The number of nitrogens with one attached hydrogen (secondary N) is 1. The number of thiophene rings is 1. The fraction of sp³-hybridized carbons (Fsp3) is 0.600. The molecule has 0 spiro atoms. The number of hydrogen-bond donors (Lipinski definition) is 1. The zero-order chi connectivity index (χ0) is 13.9. The lowest BCUT2D eigenvalue weighted by atomic mass is 10.1. The van der Waals surface area contributed by atoms with Crippen molar-refractivity contribution < 1.29 is 4.79 Å². The Hall–Kier alpha value is -1.38. The number of nitriles is 1. The molecule has 2 heterocycles. The normalized spacial score (nSPS) is 22.8. The van der Waals surface area contributed by atoms with E-state index in [9.17, 15) is 10.1 Å². The molecule has 106 valence electrons. The van der Waals surface area contributed by atoms with Crippen molar-refractivity contribution in [3.63, 3.8) is 0 Å². The SMILES string of the molecule is N#CC1CNCCN1C(=O)c1cc2c(s1)CCCCC2. The number of carbonyl (C=O) groups is 1. The van der Waals surface area contributed by atoms with E-state index in [1.807, 2.05) is 0 Å². The minimum absolute atomic E-state index is 0.0381. The highest BCUT2D eigenvalue weighted by atomic mass is 32.1. The molecule has 5 heteroatoms. The van der Waals surface area contributed by atoms with Crippen LogP contribution >= 0.6 is 11.3 Å². The van der Waals surface area contributed by atoms with Gasteiger partial charge in [0.2, 0.25) is 0 Å². The van der Waals surface area contributed by atoms with Crippen LogP contribution in [0.3, 0.4) is 0 Å². The summed E-state index contributed by atoms with van der Waals surface area (Å²) < 4.78 is 0. The van der Waals surface area contributed by atoms with E-state index in [4.69, 9.17) is 0 Å². The molecule has 20 heavy (non-hydrogen) atoms. The molecule has 1 unspecified atom stereocenters. The molecule has 3 rings (SSSR count). The molecule has 0 saturated carbocycles. The molecule has 2 aliphatic rings. The monoisotopic (exact) mass is 289 g/mol. The zero-order valence-electron chi connectivity index (χ0n) is 11.5. The maximum atomic E-state index is 12.6. The molecule has 1 aliphatic carbocycles. The third-order valence-corrected chi connectivity index (χ3v) is 5.34. The molecule has 1 fully saturated rings. The predicted molar refractivity (Wildman–Crippen MR) is 78.9 cm³/mol. The number of piperazine rings is 1. The van der Waals surface area contributed by atoms with Crippen molar-refractivity contribution in [2.45, 2.75) is 38.1 Å². The van der Waals surface area contributed by atoms with Crippen LogP contribution in [0.5, 0.6) is 0 Å². The van der Waals surface area contributed by atoms with Gasteiger partial charge in [-0.2, -0.15) is 5.26 Å². The lowest BCUT2D eigenvalue weighted by Crippen LogP contribution is -2.52. The summed E-state index contributed by atoms with van der Waals surface area (Å²) in [7, 11) is 0. The second kappa shape index (κ2) is 5.94. The first-order chi connectivity index (χ1) is 9.79. The predicted octanol–water partition coefficient (Wildman–Crippen LogP) is 1.95. The average Bonchev–Trinajstić information content (AvgIpc) is 2.77. The Morgan fingerprint density at radius 2 is 2.25 bits per heavy atom. The van der Waals surface area contributed by atoms with Crippen molar-refractivity contribution in [2.75, 3.05) is 19.6 Å². The molecule has 1 aromatic rings. The Labute approximate surface area is 123 Å². The van der Waals surface area contributed by atoms with Crippen molar-refractivity contribution in [3.05, 3.63) is 21.4 Å². The zero-order valence-corrected chi connectivity index (χ0v) is 12.3. The Morgan fingerprint density at radius 3 is 3.10 bits per heavy atom. The molecule has 1 aliphatic heterocycles. The van der Waals surface area contributed by atoms with Crippen LogP contribution in [-0.2, 0) is 12.8 Å². The second-order valence-electron chi connectivity index (χ2n) is 5.47. The van der Waals surface area contributed by atoms with Crippen LogP contribution in [0.25, 0.3) is 0 Å². The molecule has 0 bridgehead atoms. The highest BCUT2D eigenvalue weighted by molar-refractivity contribution is 7.14. The molecule has 1 N–H and O–H groups in total. The summed E-state index contributed by atoms with van der Waals surface area (Å²) in [5.41, 5.74) is 1.36. The first-order valence-electron chi connectivity index (χ1n) is 7.32. The van der Waals surface area contributed by atoms with Gasteiger partial charge in [-0.3, -0.25) is 4.79 Å². The molecule has 4 nitrogen and oxygen atoms in total. The van der Waals surface area contributed by atoms with E-state index in [2.05, 4.69) is 17.5 Å². The highest BCUT2D eigenvalue weighted by Crippen LogP contribution is 2.30. The number of nitrogens with zero attached hydrogens (tertiary/aromatic N) is 2. The van der Waals surface area contributed by atoms with E-state index in [0.29, 0.717) is 13.1 Å². The van der Waals surface area contributed by atoms with Gasteiger partial charge in [-0.25, -0.2) is 0 Å². The van der Waals surface area contributed by atoms with Gasteiger partial charge in [0.05, 0.1) is 10.9 Å². The maximum Gasteiger partial charge on any atom is 0.265 e. The molecular formula is C15H19N3OS. The smallest absolute Gasteiger partial charge is 0.265 e. The fourth-order valence-corrected chi connectivity index (χ4v) is 4.19. The van der Waals surface area contributed by atoms with Crippen LogP contribution in [0.2, 0.25) is 0 Å². The number of amides is 1. The summed E-state index contributed by atoms with van der Waals surface area (Å²) in [5.74, 6) is 0.0381. The third-order valence-electron chi connectivity index (χ3n) is 4.11. The average molecular weight is 289 g/mol. The lowest BCUT2D eigenvalue weighted by Gasteiger charge is -2.31. The highest BCUT2D eigenvalue weighted by Gasteiger charge is 2.28. The number of carbonyl (C=O) groups excluding carboxylic acids is 1. The standard InChI is InChI=1S/C15H19N3OS/c16-9-12-10-17-6-7-18(12)15(19)14-8-11-4-2-1-3-5-13(11)20-14/h8,12,17H,1-7,10H2. The Bertz CT molecular complexity index is 522. The van der Waals surface area contributed by atoms with E-state index in [0.717, 1.165) is 24.3 Å². The summed E-state index contributed by atoms with van der Waals surface area (Å²) in [6.45, 7) is 1.97. The molecule has 0 aromatic carbocycles. The van der Waals surface area contributed by atoms with Crippen LogP contribution in [-0.4, -0.2) is 36.5 Å². The van der Waals surface area contributed by atoms with Crippen LogP contribution in [0.15, 0.2) is 6.07 Å². The maximum absolute atomic E-state index is 12.6.